The molecular formula is C25H25N5O. The van der Waals surface area contributed by atoms with Crippen LogP contribution in [0.4, 0.5) is 5.69 Å². The van der Waals surface area contributed by atoms with Crippen LogP contribution in [0.5, 0.6) is 0 Å². The predicted octanol–water partition coefficient (Wildman–Crippen LogP) is 4.20. The van der Waals surface area contributed by atoms with E-state index in [1.54, 1.807) is 0 Å². The van der Waals surface area contributed by atoms with Crippen LogP contribution < -0.4 is 4.90 Å². The van der Waals surface area contributed by atoms with E-state index in [0.29, 0.717) is 0 Å². The van der Waals surface area contributed by atoms with Crippen molar-refractivity contribution >= 4 is 5.69 Å². The fourth-order valence-electron chi connectivity index (χ4n) is 3.94. The summed E-state index contributed by atoms with van der Waals surface area (Å²) in [5, 5.41) is 8.74. The van der Waals surface area contributed by atoms with E-state index < -0.39 is 0 Å². The molecule has 4 aromatic rings. The number of rotatable bonds is 5. The Morgan fingerprint density at radius 3 is 2.42 bits per heavy atom. The van der Waals surface area contributed by atoms with Crippen molar-refractivity contribution in [1.82, 2.24) is 19.7 Å². The van der Waals surface area contributed by atoms with Crippen molar-refractivity contribution in [2.75, 3.05) is 31.2 Å². The van der Waals surface area contributed by atoms with Crippen LogP contribution in [-0.2, 0) is 11.3 Å². The van der Waals surface area contributed by atoms with Crippen LogP contribution in [0.1, 0.15) is 11.4 Å². The van der Waals surface area contributed by atoms with Gasteiger partial charge in [-0.25, -0.2) is 0 Å². The first kappa shape index (κ1) is 19.5. The fourth-order valence-corrected chi connectivity index (χ4v) is 3.94. The predicted molar refractivity (Wildman–Crippen MR) is 122 cm³/mol. The van der Waals surface area contributed by atoms with E-state index in [0.717, 1.165) is 61.3 Å². The van der Waals surface area contributed by atoms with Gasteiger partial charge in [0.1, 0.15) is 11.5 Å². The number of benzene rings is 2. The lowest BCUT2D eigenvalue weighted by Gasteiger charge is -2.28. The molecule has 0 saturated carbocycles. The van der Waals surface area contributed by atoms with E-state index >= 15 is 0 Å². The Morgan fingerprint density at radius 2 is 1.65 bits per heavy atom. The zero-order valence-corrected chi connectivity index (χ0v) is 17.6. The minimum atomic E-state index is 0.717. The Hall–Kier alpha value is -3.51. The van der Waals surface area contributed by atoms with Crippen LogP contribution in [0.2, 0.25) is 0 Å². The van der Waals surface area contributed by atoms with Gasteiger partial charge in [-0.3, -0.25) is 4.98 Å². The molecule has 0 amide bonds. The summed E-state index contributed by atoms with van der Waals surface area (Å²) in [7, 11) is 0. The lowest BCUT2D eigenvalue weighted by molar-refractivity contribution is 0.122. The normalized spacial score (nSPS) is 14.0. The summed E-state index contributed by atoms with van der Waals surface area (Å²) in [4.78, 5) is 6.96. The van der Waals surface area contributed by atoms with E-state index in [2.05, 4.69) is 67.1 Å². The van der Waals surface area contributed by atoms with E-state index in [1.807, 2.05) is 37.4 Å². The van der Waals surface area contributed by atoms with Crippen molar-refractivity contribution in [1.29, 1.82) is 0 Å². The van der Waals surface area contributed by atoms with Crippen molar-refractivity contribution in [2.24, 2.45) is 0 Å². The molecule has 2 aromatic carbocycles. The maximum absolute atomic E-state index is 5.46. The third-order valence-corrected chi connectivity index (χ3v) is 5.69. The second-order valence-corrected chi connectivity index (χ2v) is 7.72. The van der Waals surface area contributed by atoms with Gasteiger partial charge in [-0.15, -0.1) is 10.2 Å². The van der Waals surface area contributed by atoms with Crippen molar-refractivity contribution in [3.05, 3.63) is 84.3 Å². The Balaban J connectivity index is 1.42. The number of morpholine rings is 1. The topological polar surface area (TPSA) is 56.1 Å². The van der Waals surface area contributed by atoms with Gasteiger partial charge >= 0.3 is 0 Å². The quantitative estimate of drug-likeness (QED) is 0.493. The molecule has 0 atom stereocenters. The van der Waals surface area contributed by atoms with Gasteiger partial charge in [-0.05, 0) is 47.9 Å². The summed E-state index contributed by atoms with van der Waals surface area (Å²) >= 11 is 0. The average Bonchev–Trinajstić information content (AvgIpc) is 3.20. The third kappa shape index (κ3) is 4.20. The summed E-state index contributed by atoms with van der Waals surface area (Å²) in [6, 6.07) is 23.2. The van der Waals surface area contributed by atoms with Gasteiger partial charge in [-0.1, -0.05) is 42.5 Å². The highest BCUT2D eigenvalue weighted by atomic mass is 16.5. The van der Waals surface area contributed by atoms with Crippen molar-refractivity contribution in [2.45, 2.75) is 13.5 Å². The van der Waals surface area contributed by atoms with Crippen molar-refractivity contribution in [3.8, 4) is 22.6 Å². The molecule has 2 aromatic heterocycles. The van der Waals surface area contributed by atoms with Gasteiger partial charge in [0.15, 0.2) is 5.82 Å². The number of hydrogen-bond acceptors (Lipinski definition) is 5. The first-order valence-electron chi connectivity index (χ1n) is 10.6. The van der Waals surface area contributed by atoms with Gasteiger partial charge < -0.3 is 14.2 Å². The minimum absolute atomic E-state index is 0.717. The van der Waals surface area contributed by atoms with Gasteiger partial charge in [0, 0.05) is 25.0 Å². The number of aryl methyl sites for hydroxylation is 1. The number of pyridine rings is 1. The molecule has 0 radical (unpaired) electrons. The van der Waals surface area contributed by atoms with Gasteiger partial charge in [0.25, 0.3) is 0 Å². The Bertz CT molecular complexity index is 1150. The first-order valence-corrected chi connectivity index (χ1v) is 10.6. The number of aromatic nitrogens is 4. The maximum atomic E-state index is 5.46. The Morgan fingerprint density at radius 1 is 0.871 bits per heavy atom. The van der Waals surface area contributed by atoms with Crippen molar-refractivity contribution < 1.29 is 4.74 Å². The van der Waals surface area contributed by atoms with E-state index in [1.165, 1.54) is 11.3 Å². The van der Waals surface area contributed by atoms with Gasteiger partial charge in [0.2, 0.25) is 0 Å². The van der Waals surface area contributed by atoms with Crippen LogP contribution in [-0.4, -0.2) is 46.1 Å². The van der Waals surface area contributed by atoms with Crippen LogP contribution in [0.15, 0.2) is 72.9 Å². The van der Waals surface area contributed by atoms with Crippen LogP contribution in [0.3, 0.4) is 0 Å². The van der Waals surface area contributed by atoms with Crippen LogP contribution in [0.25, 0.3) is 22.6 Å². The van der Waals surface area contributed by atoms with Crippen molar-refractivity contribution in [3.63, 3.8) is 0 Å². The van der Waals surface area contributed by atoms with E-state index in [-0.39, 0.29) is 0 Å². The summed E-state index contributed by atoms with van der Waals surface area (Å²) < 4.78 is 7.57. The molecule has 1 fully saturated rings. The van der Waals surface area contributed by atoms with E-state index in [9.17, 15) is 0 Å². The molecule has 0 unspecified atom stereocenters. The molecule has 156 valence electrons. The van der Waals surface area contributed by atoms with Gasteiger partial charge in [-0.2, -0.15) is 0 Å². The average molecular weight is 412 g/mol. The molecule has 1 aliphatic rings. The number of ether oxygens (including phenoxy) is 1. The fraction of sp³-hybridized carbons (Fsp3) is 0.240. The number of anilines is 1. The zero-order chi connectivity index (χ0) is 21.0. The lowest BCUT2D eigenvalue weighted by Crippen LogP contribution is -2.36. The SMILES string of the molecule is Cc1nnc(-c2cc(-c3ccc(N4CCOCC4)cc3)ccn2)n1Cc1ccccc1. The third-order valence-electron chi connectivity index (χ3n) is 5.69. The molecule has 6 heteroatoms. The lowest BCUT2D eigenvalue weighted by atomic mass is 10.1. The molecular weight excluding hydrogens is 386 g/mol. The Labute approximate surface area is 182 Å². The summed E-state index contributed by atoms with van der Waals surface area (Å²) in [5.74, 6) is 1.66. The zero-order valence-electron chi connectivity index (χ0n) is 17.6. The molecule has 1 aliphatic heterocycles. The molecule has 0 N–H and O–H groups in total. The maximum Gasteiger partial charge on any atom is 0.182 e. The summed E-state index contributed by atoms with van der Waals surface area (Å²) in [5.41, 5.74) is 5.55. The molecule has 31 heavy (non-hydrogen) atoms. The number of nitrogens with zero attached hydrogens (tertiary/aromatic N) is 5. The molecule has 0 spiro atoms. The smallest absolute Gasteiger partial charge is 0.182 e. The van der Waals surface area contributed by atoms with Crippen LogP contribution in [0, 0.1) is 6.92 Å². The molecule has 6 nitrogen and oxygen atoms in total. The second-order valence-electron chi connectivity index (χ2n) is 7.72. The second kappa shape index (κ2) is 8.70. The Kier molecular flexibility index (Phi) is 5.46. The summed E-state index contributed by atoms with van der Waals surface area (Å²) in [6.07, 6.45) is 1.84. The molecule has 0 aliphatic carbocycles. The molecule has 3 heterocycles. The highest BCUT2D eigenvalue weighted by Crippen LogP contribution is 2.27. The van der Waals surface area contributed by atoms with Gasteiger partial charge in [0.05, 0.1) is 19.8 Å². The first-order chi connectivity index (χ1) is 15.3. The van der Waals surface area contributed by atoms with Crippen LogP contribution >= 0.6 is 0 Å². The largest absolute Gasteiger partial charge is 0.378 e. The molecule has 5 rings (SSSR count). The monoisotopic (exact) mass is 411 g/mol. The highest BCUT2D eigenvalue weighted by Gasteiger charge is 2.14. The summed E-state index contributed by atoms with van der Waals surface area (Å²) in [6.45, 7) is 6.16. The molecule has 0 bridgehead atoms. The standard InChI is InChI=1S/C25H25N5O/c1-19-27-28-25(30(19)18-20-5-3-2-4-6-20)24-17-22(11-12-26-24)21-7-9-23(10-8-21)29-13-15-31-16-14-29/h2-12,17H,13-16,18H2,1H3. The highest BCUT2D eigenvalue weighted by molar-refractivity contribution is 5.70. The number of hydrogen-bond donors (Lipinski definition) is 0. The van der Waals surface area contributed by atoms with E-state index in [4.69, 9.17) is 4.74 Å². The minimum Gasteiger partial charge on any atom is -0.378 e. The molecule has 1 saturated heterocycles.